The molecule has 2 aliphatic carbocycles. The first-order valence-electron chi connectivity index (χ1n) is 25.5. The van der Waals surface area contributed by atoms with Gasteiger partial charge in [0.1, 0.15) is 0 Å². The van der Waals surface area contributed by atoms with Crippen molar-refractivity contribution in [2.75, 3.05) is 9.80 Å². The van der Waals surface area contributed by atoms with E-state index in [1.165, 1.54) is 49.9 Å². The Morgan fingerprint density at radius 2 is 1.00 bits per heavy atom. The van der Waals surface area contributed by atoms with Crippen LogP contribution in [0.4, 0.5) is 34.1 Å². The largest absolute Gasteiger partial charge is 0.311 e. The Hall–Kier alpha value is -5.02. The molecule has 64 heavy (non-hydrogen) atoms. The molecule has 0 aromatic heterocycles. The second-order valence-electron chi connectivity index (χ2n) is 24.8. The molecule has 6 aromatic carbocycles. The number of nitrogens with zero attached hydrogens (tertiary/aromatic N) is 2. The SMILES string of the molecule is [2H]C([2H])([2H])c1cc2c3c(c1)N(c1ccc(C(C)(C)C)cc1-c1ccccc1)c1cc4c(cc1B3c1cc(C(C)(C)C)ccc1N2c1cc2c(cc1C)C(C)(C)CCC2(C)C)C(C)(C)CC4(C)C. The van der Waals surface area contributed by atoms with Crippen molar-refractivity contribution < 1.29 is 4.11 Å². The van der Waals surface area contributed by atoms with Gasteiger partial charge in [-0.25, -0.2) is 0 Å². The van der Waals surface area contributed by atoms with E-state index in [2.05, 4.69) is 205 Å². The summed E-state index contributed by atoms with van der Waals surface area (Å²) in [7, 11) is 0. The van der Waals surface area contributed by atoms with E-state index < -0.39 is 6.85 Å². The maximum Gasteiger partial charge on any atom is 0.252 e. The predicted octanol–water partition coefficient (Wildman–Crippen LogP) is 15.0. The third-order valence-corrected chi connectivity index (χ3v) is 16.0. The number of aryl methyl sites for hydroxylation is 2. The Morgan fingerprint density at radius 1 is 0.500 bits per heavy atom. The average Bonchev–Trinajstić information content (AvgIpc) is 3.42. The van der Waals surface area contributed by atoms with Gasteiger partial charge in [0.15, 0.2) is 0 Å². The van der Waals surface area contributed by atoms with Gasteiger partial charge in [-0.1, -0.05) is 158 Å². The van der Waals surface area contributed by atoms with Crippen LogP contribution in [0.15, 0.2) is 103 Å². The molecule has 0 atom stereocenters. The Kier molecular flexibility index (Phi) is 8.46. The molecule has 0 amide bonds. The van der Waals surface area contributed by atoms with Crippen molar-refractivity contribution in [3.63, 3.8) is 0 Å². The normalized spacial score (nSPS) is 19.4. The summed E-state index contributed by atoms with van der Waals surface area (Å²) in [6.07, 6.45) is 3.29. The van der Waals surface area contributed by atoms with E-state index >= 15 is 0 Å². The smallest absolute Gasteiger partial charge is 0.252 e. The minimum atomic E-state index is -2.37. The van der Waals surface area contributed by atoms with Crippen LogP contribution < -0.4 is 26.2 Å². The van der Waals surface area contributed by atoms with Crippen LogP contribution in [0.3, 0.4) is 0 Å². The van der Waals surface area contributed by atoms with E-state index in [9.17, 15) is 4.11 Å². The molecule has 2 aliphatic heterocycles. The molecule has 2 nitrogen and oxygen atoms in total. The number of anilines is 6. The molecule has 6 aromatic rings. The summed E-state index contributed by atoms with van der Waals surface area (Å²) >= 11 is 0. The summed E-state index contributed by atoms with van der Waals surface area (Å²) in [6.45, 7) is 32.8. The fourth-order valence-electron chi connectivity index (χ4n) is 12.4. The van der Waals surface area contributed by atoms with Gasteiger partial charge in [0.05, 0.1) is 5.69 Å². The van der Waals surface area contributed by atoms with Gasteiger partial charge in [0, 0.05) is 38.1 Å². The van der Waals surface area contributed by atoms with Crippen LogP contribution in [0.2, 0.25) is 0 Å². The second kappa shape index (κ2) is 13.8. The topological polar surface area (TPSA) is 6.48 Å². The number of hydrogen-bond acceptors (Lipinski definition) is 2. The number of hydrogen-bond donors (Lipinski definition) is 0. The molecule has 0 bridgehead atoms. The Balaban J connectivity index is 1.38. The summed E-state index contributed by atoms with van der Waals surface area (Å²) in [5.74, 6) is 0. The number of benzene rings is 6. The molecule has 0 saturated heterocycles. The van der Waals surface area contributed by atoms with Crippen LogP contribution in [-0.4, -0.2) is 6.71 Å². The molecule has 0 fully saturated rings. The van der Waals surface area contributed by atoms with Gasteiger partial charge >= 0.3 is 0 Å². The zero-order valence-corrected chi connectivity index (χ0v) is 41.4. The second-order valence-corrected chi connectivity index (χ2v) is 24.8. The summed E-state index contributed by atoms with van der Waals surface area (Å²) in [5, 5.41) is 0. The highest BCUT2D eigenvalue weighted by Gasteiger charge is 2.49. The maximum absolute atomic E-state index is 9.19. The maximum atomic E-state index is 9.19. The van der Waals surface area contributed by atoms with E-state index in [1.54, 1.807) is 0 Å². The van der Waals surface area contributed by atoms with Crippen molar-refractivity contribution in [1.29, 1.82) is 0 Å². The minimum absolute atomic E-state index is 0.0196. The molecule has 3 heteroatoms. The lowest BCUT2D eigenvalue weighted by molar-refractivity contribution is 0.332. The zero-order valence-electron chi connectivity index (χ0n) is 44.4. The van der Waals surface area contributed by atoms with Crippen molar-refractivity contribution in [3.05, 3.63) is 148 Å². The Bertz CT molecular complexity index is 3030. The van der Waals surface area contributed by atoms with E-state index in [4.69, 9.17) is 0 Å². The fourth-order valence-corrected chi connectivity index (χ4v) is 12.4. The van der Waals surface area contributed by atoms with Crippen molar-refractivity contribution in [2.45, 2.75) is 162 Å². The molecule has 0 unspecified atom stereocenters. The Labute approximate surface area is 390 Å². The van der Waals surface area contributed by atoms with Crippen molar-refractivity contribution >= 4 is 57.2 Å². The van der Waals surface area contributed by atoms with E-state index in [1.807, 2.05) is 12.1 Å². The predicted molar refractivity (Wildman–Crippen MR) is 279 cm³/mol. The van der Waals surface area contributed by atoms with Crippen LogP contribution in [0.25, 0.3) is 11.1 Å². The first kappa shape index (κ1) is 39.4. The van der Waals surface area contributed by atoms with Crippen molar-refractivity contribution in [2.24, 2.45) is 0 Å². The summed E-state index contributed by atoms with van der Waals surface area (Å²) < 4.78 is 27.6. The average molecular weight is 846 g/mol. The molecular weight excluding hydrogens is 771 g/mol. The molecular formula is C61H71BN2. The molecule has 4 aliphatic rings. The fraction of sp³-hybridized carbons (Fsp3) is 0.410. The highest BCUT2D eigenvalue weighted by molar-refractivity contribution is 7.00. The minimum Gasteiger partial charge on any atom is -0.311 e. The molecule has 328 valence electrons. The van der Waals surface area contributed by atoms with Gasteiger partial charge in [-0.3, -0.25) is 0 Å². The van der Waals surface area contributed by atoms with Gasteiger partial charge in [-0.05, 0) is 174 Å². The molecule has 10 rings (SSSR count). The molecule has 0 radical (unpaired) electrons. The summed E-state index contributed by atoms with van der Waals surface area (Å²) in [4.78, 5) is 4.93. The lowest BCUT2D eigenvalue weighted by atomic mass is 9.33. The van der Waals surface area contributed by atoms with Crippen molar-refractivity contribution in [3.8, 4) is 11.1 Å². The Morgan fingerprint density at radius 3 is 1.59 bits per heavy atom. The van der Waals surface area contributed by atoms with Gasteiger partial charge in [-0.2, -0.15) is 0 Å². The van der Waals surface area contributed by atoms with Gasteiger partial charge in [0.2, 0.25) is 0 Å². The van der Waals surface area contributed by atoms with E-state index in [-0.39, 0.29) is 39.2 Å². The molecule has 0 N–H and O–H groups in total. The lowest BCUT2D eigenvalue weighted by Gasteiger charge is -2.47. The van der Waals surface area contributed by atoms with E-state index in [0.717, 1.165) is 70.0 Å². The zero-order chi connectivity index (χ0) is 48.3. The van der Waals surface area contributed by atoms with Crippen LogP contribution >= 0.6 is 0 Å². The molecule has 2 heterocycles. The van der Waals surface area contributed by atoms with Crippen molar-refractivity contribution in [1.82, 2.24) is 0 Å². The number of fused-ring (bicyclic) bond motifs is 6. The number of rotatable bonds is 3. The third-order valence-electron chi connectivity index (χ3n) is 16.0. The first-order valence-corrected chi connectivity index (χ1v) is 24.0. The quantitative estimate of drug-likeness (QED) is 0.164. The summed E-state index contributed by atoms with van der Waals surface area (Å²) in [5.41, 5.74) is 21.7. The summed E-state index contributed by atoms with van der Waals surface area (Å²) in [6, 6.07) is 39.0. The molecule has 0 spiro atoms. The van der Waals surface area contributed by atoms with Gasteiger partial charge in [0.25, 0.3) is 6.71 Å². The van der Waals surface area contributed by atoms with Gasteiger partial charge in [-0.15, -0.1) is 0 Å². The monoisotopic (exact) mass is 846 g/mol. The van der Waals surface area contributed by atoms with Crippen LogP contribution in [0.5, 0.6) is 0 Å². The standard InChI is InChI=1S/C61H71BN2/c1-37-28-53-55-54(29-37)64(51-34-45-43(30-38(51)2)58(9,10)26-27-59(45,11)12)50-25-23-41(57(6,7)8)32-47(50)62(55)48-33-44-46(61(15,16)36-60(44,13)14)35-52(48)63(53)49-24-22-40(56(3,4)5)31-42(49)39-20-18-17-19-21-39/h17-25,28-35H,26-27,36H2,1-16H3/i1D3. The highest BCUT2D eigenvalue weighted by atomic mass is 15.2. The van der Waals surface area contributed by atoms with Crippen LogP contribution in [-0.2, 0) is 32.5 Å². The third kappa shape index (κ3) is 6.48. The highest BCUT2D eigenvalue weighted by Crippen LogP contribution is 2.55. The molecule has 0 saturated carbocycles. The first-order chi connectivity index (χ1) is 31.0. The van der Waals surface area contributed by atoms with E-state index in [0.29, 0.717) is 5.56 Å². The van der Waals surface area contributed by atoms with Crippen LogP contribution in [0, 0.1) is 13.8 Å². The lowest BCUT2D eigenvalue weighted by Crippen LogP contribution is -2.62. The van der Waals surface area contributed by atoms with Crippen LogP contribution in [0.1, 0.15) is 165 Å². The van der Waals surface area contributed by atoms with Gasteiger partial charge < -0.3 is 9.80 Å².